The minimum absolute atomic E-state index is 0.884. The molecule has 7 rings (SSSR count). The van der Waals surface area contributed by atoms with E-state index in [1.807, 2.05) is 18.5 Å². The number of benzene rings is 2. The van der Waals surface area contributed by atoms with Crippen LogP contribution in [0.4, 0.5) is 17.2 Å². The van der Waals surface area contributed by atoms with Crippen molar-refractivity contribution >= 4 is 17.2 Å². The Labute approximate surface area is 163 Å². The molecule has 0 spiro atoms. The van der Waals surface area contributed by atoms with Gasteiger partial charge in [0.25, 0.3) is 0 Å². The van der Waals surface area contributed by atoms with Gasteiger partial charge in [-0.25, -0.2) is 4.98 Å². The second-order valence-electron chi connectivity index (χ2n) is 7.87. The van der Waals surface area contributed by atoms with Crippen molar-refractivity contribution in [2.24, 2.45) is 0 Å². The number of hydrogen-bond acceptors (Lipinski definition) is 3. The third kappa shape index (κ3) is 1.74. The molecule has 0 atom stereocenters. The molecule has 4 aromatic rings. The summed E-state index contributed by atoms with van der Waals surface area (Å²) in [4.78, 5) is 11.9. The maximum Gasteiger partial charge on any atom is 0.141 e. The molecule has 0 radical (unpaired) electrons. The van der Waals surface area contributed by atoms with E-state index in [0.717, 1.165) is 25.1 Å². The molecule has 0 saturated carbocycles. The molecule has 0 N–H and O–H groups in total. The average molecular weight is 359 g/mol. The van der Waals surface area contributed by atoms with Crippen LogP contribution < -0.4 is 4.90 Å². The van der Waals surface area contributed by atoms with Crippen LogP contribution in [0.2, 0.25) is 0 Å². The van der Waals surface area contributed by atoms with Crippen molar-refractivity contribution in [2.45, 2.75) is 19.3 Å². The van der Waals surface area contributed by atoms with Gasteiger partial charge in [0.2, 0.25) is 0 Å². The average Bonchev–Trinajstić information content (AvgIpc) is 3.12. The molecule has 3 heteroatoms. The van der Waals surface area contributed by atoms with Crippen LogP contribution in [0.25, 0.3) is 11.1 Å². The van der Waals surface area contributed by atoms with E-state index in [9.17, 15) is 0 Å². The molecular weight excluding hydrogens is 342 g/mol. The van der Waals surface area contributed by atoms with Crippen LogP contribution >= 0.6 is 0 Å². The van der Waals surface area contributed by atoms with E-state index in [1.165, 1.54) is 56.0 Å². The first-order chi connectivity index (χ1) is 13.9. The monoisotopic (exact) mass is 359 g/mol. The molecule has 3 nitrogen and oxygen atoms in total. The van der Waals surface area contributed by atoms with Gasteiger partial charge in [-0.05, 0) is 63.6 Å². The first-order valence-electron chi connectivity index (χ1n) is 9.82. The van der Waals surface area contributed by atoms with Crippen LogP contribution in [-0.4, -0.2) is 9.97 Å². The van der Waals surface area contributed by atoms with Gasteiger partial charge < -0.3 is 0 Å². The van der Waals surface area contributed by atoms with Gasteiger partial charge in [0.15, 0.2) is 0 Å². The molecule has 132 valence electrons. The van der Waals surface area contributed by atoms with Gasteiger partial charge in [0.05, 0.1) is 17.1 Å². The van der Waals surface area contributed by atoms with E-state index >= 15 is 0 Å². The predicted molar refractivity (Wildman–Crippen MR) is 111 cm³/mol. The number of anilines is 3. The van der Waals surface area contributed by atoms with E-state index in [-0.39, 0.29) is 0 Å². The highest BCUT2D eigenvalue weighted by Crippen LogP contribution is 2.52. The van der Waals surface area contributed by atoms with Crippen molar-refractivity contribution in [3.05, 3.63) is 101 Å². The number of rotatable bonds is 0. The smallest absolute Gasteiger partial charge is 0.141 e. The molecule has 0 saturated heterocycles. The molecule has 2 aromatic carbocycles. The summed E-state index contributed by atoms with van der Waals surface area (Å²) < 4.78 is 0. The number of nitrogens with zero attached hydrogens (tertiary/aromatic N) is 3. The Kier molecular flexibility index (Phi) is 2.64. The number of hydrogen-bond donors (Lipinski definition) is 0. The molecule has 4 heterocycles. The molecular formula is C25H17N3. The third-order valence-electron chi connectivity index (χ3n) is 6.39. The number of fused-ring (bicyclic) bond motifs is 8. The fourth-order valence-corrected chi connectivity index (χ4v) is 5.25. The summed E-state index contributed by atoms with van der Waals surface area (Å²) in [5.41, 5.74) is 13.3. The standard InChI is InChI=1S/C25H17N3/c1-2-6-19-15(4-1)12-16-7-8-22-20(23(16)19)14-21-24-17(9-11-26-21)13-18-5-3-10-27-25(18)28(22)24/h1-11H,12-14H2. The second-order valence-corrected chi connectivity index (χ2v) is 7.87. The zero-order valence-corrected chi connectivity index (χ0v) is 15.3. The Balaban J connectivity index is 1.56. The molecule has 1 aliphatic carbocycles. The topological polar surface area (TPSA) is 29.0 Å². The van der Waals surface area contributed by atoms with Crippen LogP contribution in [0, 0.1) is 0 Å². The first-order valence-corrected chi connectivity index (χ1v) is 9.82. The van der Waals surface area contributed by atoms with Crippen molar-refractivity contribution in [1.29, 1.82) is 0 Å². The number of aromatic nitrogens is 2. The summed E-state index contributed by atoms with van der Waals surface area (Å²) in [7, 11) is 0. The highest BCUT2D eigenvalue weighted by atomic mass is 15.2. The molecule has 0 fully saturated rings. The van der Waals surface area contributed by atoms with Crippen LogP contribution in [0.3, 0.4) is 0 Å². The highest BCUT2D eigenvalue weighted by molar-refractivity contribution is 5.93. The Morgan fingerprint density at radius 3 is 2.57 bits per heavy atom. The molecule has 28 heavy (non-hydrogen) atoms. The molecule has 2 aromatic heterocycles. The van der Waals surface area contributed by atoms with Gasteiger partial charge in [0.1, 0.15) is 5.82 Å². The minimum atomic E-state index is 0.884. The summed E-state index contributed by atoms with van der Waals surface area (Å²) in [6.07, 6.45) is 6.70. The molecule has 0 amide bonds. The molecule has 0 unspecified atom stereocenters. The van der Waals surface area contributed by atoms with Gasteiger partial charge in [-0.15, -0.1) is 0 Å². The van der Waals surface area contributed by atoms with Crippen molar-refractivity contribution in [3.8, 4) is 11.1 Å². The first kappa shape index (κ1) is 14.6. The van der Waals surface area contributed by atoms with E-state index in [2.05, 4.69) is 53.4 Å². The quantitative estimate of drug-likeness (QED) is 0.367. The van der Waals surface area contributed by atoms with Crippen LogP contribution in [-0.2, 0) is 19.3 Å². The van der Waals surface area contributed by atoms with E-state index < -0.39 is 0 Å². The van der Waals surface area contributed by atoms with Crippen molar-refractivity contribution in [3.63, 3.8) is 0 Å². The van der Waals surface area contributed by atoms with E-state index in [0.29, 0.717) is 0 Å². The maximum atomic E-state index is 4.80. The number of pyridine rings is 2. The second kappa shape index (κ2) is 5.08. The lowest BCUT2D eigenvalue weighted by atomic mass is 9.87. The van der Waals surface area contributed by atoms with Crippen LogP contribution in [0.5, 0.6) is 0 Å². The van der Waals surface area contributed by atoms with Crippen LogP contribution in [0.15, 0.2) is 67.0 Å². The summed E-state index contributed by atoms with van der Waals surface area (Å²) >= 11 is 0. The van der Waals surface area contributed by atoms with Crippen molar-refractivity contribution in [1.82, 2.24) is 9.97 Å². The largest absolute Gasteiger partial charge is 0.292 e. The lowest BCUT2D eigenvalue weighted by molar-refractivity contribution is 0.942. The van der Waals surface area contributed by atoms with E-state index in [4.69, 9.17) is 9.97 Å². The zero-order chi connectivity index (χ0) is 18.2. The van der Waals surface area contributed by atoms with Crippen molar-refractivity contribution < 1.29 is 0 Å². The Morgan fingerprint density at radius 2 is 1.57 bits per heavy atom. The maximum absolute atomic E-state index is 4.80. The predicted octanol–water partition coefficient (Wildman–Crippen LogP) is 5.33. The van der Waals surface area contributed by atoms with Gasteiger partial charge in [-0.1, -0.05) is 36.4 Å². The van der Waals surface area contributed by atoms with Gasteiger partial charge >= 0.3 is 0 Å². The van der Waals surface area contributed by atoms with Gasteiger partial charge in [-0.3, -0.25) is 9.88 Å². The summed E-state index contributed by atoms with van der Waals surface area (Å²) in [5.74, 6) is 1.05. The molecule has 3 aliphatic rings. The Bertz CT molecular complexity index is 1310. The fraction of sp³-hybridized carbons (Fsp3) is 0.120. The van der Waals surface area contributed by atoms with Gasteiger partial charge in [0, 0.05) is 25.2 Å². The fourth-order valence-electron chi connectivity index (χ4n) is 5.25. The van der Waals surface area contributed by atoms with E-state index in [1.54, 1.807) is 0 Å². The normalized spacial score (nSPS) is 14.6. The zero-order valence-electron chi connectivity index (χ0n) is 15.3. The SMILES string of the molecule is c1ccc2c(c1)Cc1ccc3c(c1-2)Cc1nccc2c1N3c1ncccc1C2. The molecule has 2 aliphatic heterocycles. The Morgan fingerprint density at radius 1 is 0.679 bits per heavy atom. The molecule has 0 bridgehead atoms. The lowest BCUT2D eigenvalue weighted by Crippen LogP contribution is -2.26. The van der Waals surface area contributed by atoms with Gasteiger partial charge in [-0.2, -0.15) is 0 Å². The highest BCUT2D eigenvalue weighted by Gasteiger charge is 2.35. The summed E-state index contributed by atoms with van der Waals surface area (Å²) in [5, 5.41) is 0. The van der Waals surface area contributed by atoms with Crippen molar-refractivity contribution in [2.75, 3.05) is 4.90 Å². The minimum Gasteiger partial charge on any atom is -0.292 e. The van der Waals surface area contributed by atoms with Crippen LogP contribution in [0.1, 0.15) is 33.5 Å². The Hall–Kier alpha value is -3.46. The third-order valence-corrected chi connectivity index (χ3v) is 6.39. The summed E-state index contributed by atoms with van der Waals surface area (Å²) in [6.45, 7) is 0. The summed E-state index contributed by atoms with van der Waals surface area (Å²) in [6, 6.07) is 19.8. The lowest BCUT2D eigenvalue weighted by Gasteiger charge is -2.38.